The average Bonchev–Trinajstić information content (AvgIpc) is 2.47. The molecule has 0 heterocycles. The predicted octanol–water partition coefficient (Wildman–Crippen LogP) is 2.90. The van der Waals surface area contributed by atoms with E-state index in [2.05, 4.69) is 22.6 Å². The first-order valence-electron chi connectivity index (χ1n) is 6.11. The first-order chi connectivity index (χ1) is 9.22. The lowest BCUT2D eigenvalue weighted by atomic mass is 10.0. The molecule has 4 heteroatoms. The molecular weight excluding hydrogens is 238 g/mol. The molecule has 2 aromatic rings. The van der Waals surface area contributed by atoms with Gasteiger partial charge in [-0.15, -0.1) is 0 Å². The fourth-order valence-corrected chi connectivity index (χ4v) is 1.87. The molecule has 1 atom stereocenters. The van der Waals surface area contributed by atoms with Crippen molar-refractivity contribution in [2.45, 2.75) is 13.0 Å². The van der Waals surface area contributed by atoms with Gasteiger partial charge in [0, 0.05) is 11.3 Å². The Morgan fingerprint density at radius 1 is 1.11 bits per heavy atom. The maximum atomic E-state index is 8.69. The van der Waals surface area contributed by atoms with E-state index in [-0.39, 0.29) is 11.9 Å². The fourth-order valence-electron chi connectivity index (χ4n) is 1.87. The van der Waals surface area contributed by atoms with Crippen LogP contribution in [0.5, 0.6) is 0 Å². The van der Waals surface area contributed by atoms with Gasteiger partial charge in [-0.1, -0.05) is 53.7 Å². The molecule has 0 fully saturated rings. The molecule has 0 saturated carbocycles. The largest absolute Gasteiger partial charge is 0.409 e. The van der Waals surface area contributed by atoms with Crippen LogP contribution in [0, 0.1) is 0 Å². The minimum atomic E-state index is -0.241. The van der Waals surface area contributed by atoms with Crippen molar-refractivity contribution in [2.75, 3.05) is 5.32 Å². The minimum Gasteiger partial charge on any atom is -0.409 e. The molecular formula is C15H17N3O. The molecule has 2 rings (SSSR count). The molecule has 19 heavy (non-hydrogen) atoms. The first-order valence-corrected chi connectivity index (χ1v) is 6.11. The number of benzene rings is 2. The number of hydrogen-bond donors (Lipinski definition) is 3. The highest BCUT2D eigenvalue weighted by molar-refractivity contribution is 5.89. The maximum Gasteiger partial charge on any atom is 0.161 e. The number of nitrogens with two attached hydrogens (primary N) is 1. The molecule has 0 aliphatic carbocycles. The lowest BCUT2D eigenvalue weighted by Gasteiger charge is -2.17. The summed E-state index contributed by atoms with van der Waals surface area (Å²) in [6.45, 7) is 1.84. The molecule has 0 aliphatic rings. The number of anilines is 1. The third kappa shape index (κ3) is 3.04. The van der Waals surface area contributed by atoms with E-state index in [0.717, 1.165) is 16.8 Å². The summed E-state index contributed by atoms with van der Waals surface area (Å²) < 4.78 is 0. The molecule has 0 aromatic heterocycles. The van der Waals surface area contributed by atoms with E-state index < -0.39 is 0 Å². The van der Waals surface area contributed by atoms with Crippen molar-refractivity contribution in [3.8, 4) is 11.1 Å². The van der Waals surface area contributed by atoms with Gasteiger partial charge in [-0.3, -0.25) is 0 Å². The quantitative estimate of drug-likeness (QED) is 0.340. The van der Waals surface area contributed by atoms with Gasteiger partial charge >= 0.3 is 0 Å². The molecule has 4 nitrogen and oxygen atoms in total. The smallest absolute Gasteiger partial charge is 0.161 e. The molecule has 2 aromatic carbocycles. The van der Waals surface area contributed by atoms with Crippen molar-refractivity contribution in [3.63, 3.8) is 0 Å². The number of para-hydroxylation sites is 1. The number of hydrogen-bond acceptors (Lipinski definition) is 3. The van der Waals surface area contributed by atoms with Crippen LogP contribution in [-0.2, 0) is 0 Å². The van der Waals surface area contributed by atoms with Gasteiger partial charge in [0.1, 0.15) is 0 Å². The lowest BCUT2D eigenvalue weighted by Crippen LogP contribution is -2.33. The molecule has 0 spiro atoms. The van der Waals surface area contributed by atoms with Crippen molar-refractivity contribution in [1.29, 1.82) is 0 Å². The van der Waals surface area contributed by atoms with Crippen LogP contribution in [0.15, 0.2) is 59.8 Å². The van der Waals surface area contributed by atoms with Crippen molar-refractivity contribution >= 4 is 11.5 Å². The van der Waals surface area contributed by atoms with Crippen LogP contribution in [0.3, 0.4) is 0 Å². The molecule has 1 unspecified atom stereocenters. The second-order valence-corrected chi connectivity index (χ2v) is 4.30. The molecule has 98 valence electrons. The van der Waals surface area contributed by atoms with Gasteiger partial charge in [0.15, 0.2) is 5.84 Å². The summed E-state index contributed by atoms with van der Waals surface area (Å²) >= 11 is 0. The van der Waals surface area contributed by atoms with E-state index in [1.807, 2.05) is 49.4 Å². The zero-order valence-corrected chi connectivity index (χ0v) is 10.7. The monoisotopic (exact) mass is 255 g/mol. The van der Waals surface area contributed by atoms with Crippen LogP contribution in [0.25, 0.3) is 11.1 Å². The van der Waals surface area contributed by atoms with Crippen molar-refractivity contribution in [1.82, 2.24) is 0 Å². The Labute approximate surface area is 112 Å². The van der Waals surface area contributed by atoms with Gasteiger partial charge in [0.25, 0.3) is 0 Å². The third-order valence-electron chi connectivity index (χ3n) is 2.94. The van der Waals surface area contributed by atoms with Crippen molar-refractivity contribution in [2.24, 2.45) is 10.9 Å². The topological polar surface area (TPSA) is 70.6 Å². The normalized spacial score (nSPS) is 13.0. The minimum absolute atomic E-state index is 0.155. The van der Waals surface area contributed by atoms with Crippen LogP contribution in [0.1, 0.15) is 6.92 Å². The van der Waals surface area contributed by atoms with Crippen molar-refractivity contribution in [3.05, 3.63) is 54.6 Å². The van der Waals surface area contributed by atoms with Gasteiger partial charge in [0.2, 0.25) is 0 Å². The van der Waals surface area contributed by atoms with E-state index in [9.17, 15) is 0 Å². The Morgan fingerprint density at radius 3 is 2.42 bits per heavy atom. The van der Waals surface area contributed by atoms with E-state index in [4.69, 9.17) is 10.9 Å². The summed E-state index contributed by atoms with van der Waals surface area (Å²) in [6, 6.07) is 17.8. The summed E-state index contributed by atoms with van der Waals surface area (Å²) in [7, 11) is 0. The third-order valence-corrected chi connectivity index (χ3v) is 2.94. The van der Waals surface area contributed by atoms with E-state index in [0.29, 0.717) is 0 Å². The van der Waals surface area contributed by atoms with Gasteiger partial charge < -0.3 is 16.3 Å². The van der Waals surface area contributed by atoms with E-state index >= 15 is 0 Å². The molecule has 0 radical (unpaired) electrons. The van der Waals surface area contributed by atoms with Crippen LogP contribution in [0.2, 0.25) is 0 Å². The zero-order valence-electron chi connectivity index (χ0n) is 10.7. The lowest BCUT2D eigenvalue weighted by molar-refractivity contribution is 0.316. The SMILES string of the molecule is CC(Nc1ccccc1-c1ccccc1)C(N)=NO. The summed E-state index contributed by atoms with van der Waals surface area (Å²) in [5, 5.41) is 15.0. The summed E-state index contributed by atoms with van der Waals surface area (Å²) in [6.07, 6.45) is 0. The number of nitrogens with one attached hydrogen (secondary N) is 1. The van der Waals surface area contributed by atoms with Crippen LogP contribution >= 0.6 is 0 Å². The predicted molar refractivity (Wildman–Crippen MR) is 78.4 cm³/mol. The molecule has 0 aliphatic heterocycles. The number of amidine groups is 1. The van der Waals surface area contributed by atoms with Gasteiger partial charge in [0.05, 0.1) is 6.04 Å². The van der Waals surface area contributed by atoms with Gasteiger partial charge in [-0.05, 0) is 18.6 Å². The highest BCUT2D eigenvalue weighted by Crippen LogP contribution is 2.27. The van der Waals surface area contributed by atoms with E-state index in [1.54, 1.807) is 0 Å². The molecule has 0 bridgehead atoms. The second-order valence-electron chi connectivity index (χ2n) is 4.30. The maximum absolute atomic E-state index is 8.69. The van der Waals surface area contributed by atoms with Crippen LogP contribution < -0.4 is 11.1 Å². The Morgan fingerprint density at radius 2 is 1.74 bits per heavy atom. The van der Waals surface area contributed by atoms with E-state index in [1.165, 1.54) is 0 Å². The average molecular weight is 255 g/mol. The Kier molecular flexibility index (Phi) is 4.03. The second kappa shape index (κ2) is 5.91. The van der Waals surface area contributed by atoms with Gasteiger partial charge in [-0.25, -0.2) is 0 Å². The van der Waals surface area contributed by atoms with Crippen LogP contribution in [-0.4, -0.2) is 17.1 Å². The highest BCUT2D eigenvalue weighted by atomic mass is 16.4. The fraction of sp³-hybridized carbons (Fsp3) is 0.133. The number of rotatable bonds is 4. The molecule has 0 amide bonds. The summed E-state index contributed by atoms with van der Waals surface area (Å²) in [5.74, 6) is 0.155. The Balaban J connectivity index is 2.32. The number of oxime groups is 1. The number of nitrogens with zero attached hydrogens (tertiary/aromatic N) is 1. The van der Waals surface area contributed by atoms with Crippen molar-refractivity contribution < 1.29 is 5.21 Å². The summed E-state index contributed by atoms with van der Waals surface area (Å²) in [5.41, 5.74) is 8.75. The highest BCUT2D eigenvalue weighted by Gasteiger charge is 2.10. The standard InChI is InChI=1S/C15H17N3O/c1-11(15(16)18-19)17-14-10-6-5-9-13(14)12-7-3-2-4-8-12/h2-11,17,19H,1H3,(H2,16,18). The first kappa shape index (κ1) is 13.0. The van der Waals surface area contributed by atoms with Crippen LogP contribution in [0.4, 0.5) is 5.69 Å². The Hall–Kier alpha value is -2.49. The molecule has 0 saturated heterocycles. The van der Waals surface area contributed by atoms with Gasteiger partial charge in [-0.2, -0.15) is 0 Å². The Bertz CT molecular complexity index is 567. The molecule has 4 N–H and O–H groups in total. The zero-order chi connectivity index (χ0) is 13.7. The summed E-state index contributed by atoms with van der Waals surface area (Å²) in [4.78, 5) is 0.